The summed E-state index contributed by atoms with van der Waals surface area (Å²) in [6.45, 7) is 3.88. The number of hydrogen-bond donors (Lipinski definition) is 1. The molecule has 2 N–H and O–H groups in total. The highest BCUT2D eigenvalue weighted by atomic mass is 32.2. The third-order valence-electron chi connectivity index (χ3n) is 3.60. The number of nitrogens with zero attached hydrogens (tertiary/aromatic N) is 2. The van der Waals surface area contributed by atoms with Gasteiger partial charge in [0.2, 0.25) is 10.0 Å². The predicted octanol–water partition coefficient (Wildman–Crippen LogP) is 1.66. The van der Waals surface area contributed by atoms with Gasteiger partial charge in [0.15, 0.2) is 0 Å². The molecule has 1 unspecified atom stereocenters. The van der Waals surface area contributed by atoms with Gasteiger partial charge in [0, 0.05) is 18.7 Å². The molecule has 0 amide bonds. The van der Waals surface area contributed by atoms with Crippen LogP contribution < -0.4 is 5.73 Å². The number of rotatable bonds is 3. The Kier molecular flexibility index (Phi) is 3.70. The van der Waals surface area contributed by atoms with Gasteiger partial charge in [-0.3, -0.25) is 10.1 Å². The van der Waals surface area contributed by atoms with Crippen molar-refractivity contribution in [3.8, 4) is 0 Å². The molecule has 1 aliphatic rings. The van der Waals surface area contributed by atoms with Gasteiger partial charge < -0.3 is 5.73 Å². The molecule has 1 saturated heterocycles. The van der Waals surface area contributed by atoms with Crippen LogP contribution in [0.1, 0.15) is 25.3 Å². The highest BCUT2D eigenvalue weighted by molar-refractivity contribution is 7.89. The van der Waals surface area contributed by atoms with E-state index in [0.717, 1.165) is 18.9 Å². The molecular weight excluding hydrogens is 282 g/mol. The van der Waals surface area contributed by atoms with Crippen LogP contribution in [-0.4, -0.2) is 30.2 Å². The molecule has 2 rings (SSSR count). The molecule has 0 aliphatic carbocycles. The topological polar surface area (TPSA) is 107 Å². The monoisotopic (exact) mass is 299 g/mol. The van der Waals surface area contributed by atoms with Gasteiger partial charge in [-0.15, -0.1) is 0 Å². The number of nitro groups is 1. The normalized spacial score (nSPS) is 20.2. The average molecular weight is 299 g/mol. The number of benzene rings is 1. The third kappa shape index (κ3) is 2.36. The van der Waals surface area contributed by atoms with Crippen molar-refractivity contribution in [3.63, 3.8) is 0 Å². The first kappa shape index (κ1) is 14.7. The summed E-state index contributed by atoms with van der Waals surface area (Å²) in [4.78, 5) is 10.2. The molecule has 0 spiro atoms. The van der Waals surface area contributed by atoms with E-state index < -0.39 is 14.9 Å². The van der Waals surface area contributed by atoms with Gasteiger partial charge in [-0.05, 0) is 38.3 Å². The summed E-state index contributed by atoms with van der Waals surface area (Å²) in [6, 6.07) is 2.31. The summed E-state index contributed by atoms with van der Waals surface area (Å²) in [5.74, 6) is 0. The quantitative estimate of drug-likeness (QED) is 0.519. The molecule has 1 fully saturated rings. The van der Waals surface area contributed by atoms with E-state index in [1.54, 1.807) is 6.92 Å². The average Bonchev–Trinajstić information content (AvgIpc) is 2.75. The molecule has 0 radical (unpaired) electrons. The van der Waals surface area contributed by atoms with Crippen LogP contribution in [-0.2, 0) is 10.0 Å². The van der Waals surface area contributed by atoms with Crippen molar-refractivity contribution >= 4 is 21.4 Å². The molecule has 0 aromatic heterocycles. The zero-order valence-corrected chi connectivity index (χ0v) is 12.2. The molecule has 0 bridgehead atoms. The Morgan fingerprint density at radius 1 is 1.45 bits per heavy atom. The highest BCUT2D eigenvalue weighted by Crippen LogP contribution is 2.32. The molecule has 1 aliphatic heterocycles. The summed E-state index contributed by atoms with van der Waals surface area (Å²) < 4.78 is 26.6. The molecule has 1 aromatic carbocycles. The van der Waals surface area contributed by atoms with Crippen molar-refractivity contribution in [2.75, 3.05) is 12.3 Å². The van der Waals surface area contributed by atoms with E-state index in [0.29, 0.717) is 12.1 Å². The van der Waals surface area contributed by atoms with Crippen molar-refractivity contribution in [2.45, 2.75) is 37.6 Å². The van der Waals surface area contributed by atoms with E-state index in [4.69, 9.17) is 5.73 Å². The summed E-state index contributed by atoms with van der Waals surface area (Å²) in [7, 11) is -3.72. The highest BCUT2D eigenvalue weighted by Gasteiger charge is 2.34. The molecule has 7 nitrogen and oxygen atoms in total. The van der Waals surface area contributed by atoms with Crippen LogP contribution in [0.2, 0.25) is 0 Å². The van der Waals surface area contributed by atoms with Gasteiger partial charge in [-0.2, -0.15) is 4.31 Å². The minimum absolute atomic E-state index is 0.0269. The van der Waals surface area contributed by atoms with E-state index >= 15 is 0 Å². The first-order chi connectivity index (χ1) is 9.25. The summed E-state index contributed by atoms with van der Waals surface area (Å²) in [5, 5.41) is 10.9. The van der Waals surface area contributed by atoms with E-state index in [1.165, 1.54) is 10.4 Å². The Bertz CT molecular complexity index is 657. The van der Waals surface area contributed by atoms with Crippen LogP contribution in [0.3, 0.4) is 0 Å². The lowest BCUT2D eigenvalue weighted by Crippen LogP contribution is -2.34. The SMILES string of the molecule is Cc1cc(N)c([N+](=O)[O-])cc1S(=O)(=O)N1CCCC1C. The fourth-order valence-electron chi connectivity index (χ4n) is 2.53. The van der Waals surface area contributed by atoms with Gasteiger partial charge in [-0.1, -0.05) is 0 Å². The molecule has 0 saturated carbocycles. The Morgan fingerprint density at radius 3 is 2.60 bits per heavy atom. The van der Waals surface area contributed by atoms with E-state index in [1.807, 2.05) is 6.92 Å². The number of nitro benzene ring substituents is 1. The van der Waals surface area contributed by atoms with Crippen molar-refractivity contribution in [2.24, 2.45) is 0 Å². The first-order valence-electron chi connectivity index (χ1n) is 6.31. The zero-order valence-electron chi connectivity index (χ0n) is 11.4. The maximum Gasteiger partial charge on any atom is 0.293 e. The van der Waals surface area contributed by atoms with Crippen molar-refractivity contribution in [1.82, 2.24) is 4.31 Å². The van der Waals surface area contributed by atoms with Crippen LogP contribution in [0.4, 0.5) is 11.4 Å². The van der Waals surface area contributed by atoms with E-state index in [9.17, 15) is 18.5 Å². The molecular formula is C12H17N3O4S. The zero-order chi connectivity index (χ0) is 15.1. The first-order valence-corrected chi connectivity index (χ1v) is 7.75. The fourth-order valence-corrected chi connectivity index (χ4v) is 4.45. The lowest BCUT2D eigenvalue weighted by molar-refractivity contribution is -0.384. The lowest BCUT2D eigenvalue weighted by Gasteiger charge is -2.22. The molecule has 1 heterocycles. The minimum Gasteiger partial charge on any atom is -0.393 e. The fraction of sp³-hybridized carbons (Fsp3) is 0.500. The second kappa shape index (κ2) is 5.02. The summed E-state index contributed by atoms with van der Waals surface area (Å²) in [6.07, 6.45) is 1.60. The molecule has 1 aromatic rings. The lowest BCUT2D eigenvalue weighted by atomic mass is 10.2. The summed E-state index contributed by atoms with van der Waals surface area (Å²) in [5.41, 5.74) is 5.59. The van der Waals surface area contributed by atoms with Crippen LogP contribution >= 0.6 is 0 Å². The largest absolute Gasteiger partial charge is 0.393 e. The Hall–Kier alpha value is -1.67. The Labute approximate surface area is 117 Å². The standard InChI is InChI=1S/C12H17N3O4S/c1-8-6-10(13)11(15(16)17)7-12(8)20(18,19)14-5-3-4-9(14)2/h6-7,9H,3-5,13H2,1-2H3. The second-order valence-corrected chi connectivity index (χ2v) is 6.90. The maximum absolute atomic E-state index is 12.6. The minimum atomic E-state index is -3.72. The maximum atomic E-state index is 12.6. The van der Waals surface area contributed by atoms with Crippen molar-refractivity contribution in [1.29, 1.82) is 0 Å². The van der Waals surface area contributed by atoms with Gasteiger partial charge in [0.25, 0.3) is 5.69 Å². The number of anilines is 1. The Morgan fingerprint density at radius 2 is 2.10 bits per heavy atom. The Balaban J connectivity index is 2.57. The van der Waals surface area contributed by atoms with E-state index in [2.05, 4.69) is 0 Å². The number of nitrogen functional groups attached to an aromatic ring is 1. The number of aryl methyl sites for hydroxylation is 1. The molecule has 20 heavy (non-hydrogen) atoms. The smallest absolute Gasteiger partial charge is 0.293 e. The van der Waals surface area contributed by atoms with Crippen molar-refractivity contribution < 1.29 is 13.3 Å². The molecule has 1 atom stereocenters. The van der Waals surface area contributed by atoms with Crippen molar-refractivity contribution in [3.05, 3.63) is 27.8 Å². The van der Waals surface area contributed by atoms with Gasteiger partial charge >= 0.3 is 0 Å². The van der Waals surface area contributed by atoms with E-state index in [-0.39, 0.29) is 22.3 Å². The molecule has 8 heteroatoms. The number of sulfonamides is 1. The third-order valence-corrected chi connectivity index (χ3v) is 5.76. The van der Waals surface area contributed by atoms with Crippen LogP contribution in [0.15, 0.2) is 17.0 Å². The number of nitrogens with two attached hydrogens (primary N) is 1. The van der Waals surface area contributed by atoms with Crippen LogP contribution in [0, 0.1) is 17.0 Å². The van der Waals surface area contributed by atoms with Crippen LogP contribution in [0.25, 0.3) is 0 Å². The van der Waals surface area contributed by atoms with Crippen LogP contribution in [0.5, 0.6) is 0 Å². The van der Waals surface area contributed by atoms with Gasteiger partial charge in [-0.25, -0.2) is 8.42 Å². The predicted molar refractivity (Wildman–Crippen MR) is 74.8 cm³/mol. The van der Waals surface area contributed by atoms with Gasteiger partial charge in [0.1, 0.15) is 5.69 Å². The second-order valence-electron chi connectivity index (χ2n) is 5.04. The summed E-state index contributed by atoms with van der Waals surface area (Å²) >= 11 is 0. The molecule has 110 valence electrons. The number of hydrogen-bond acceptors (Lipinski definition) is 5. The van der Waals surface area contributed by atoms with Gasteiger partial charge in [0.05, 0.1) is 9.82 Å².